The van der Waals surface area contributed by atoms with Gasteiger partial charge in [-0.2, -0.15) is 5.10 Å². The zero-order chi connectivity index (χ0) is 17.7. The third-order valence-electron chi connectivity index (χ3n) is 4.06. The van der Waals surface area contributed by atoms with E-state index in [1.807, 2.05) is 58.3 Å². The first kappa shape index (κ1) is 18.5. The van der Waals surface area contributed by atoms with Gasteiger partial charge in [-0.25, -0.2) is 0 Å². The first-order chi connectivity index (χ1) is 11.4. The van der Waals surface area contributed by atoms with E-state index in [2.05, 4.69) is 15.3 Å². The summed E-state index contributed by atoms with van der Waals surface area (Å²) in [4.78, 5) is 14.4. The lowest BCUT2D eigenvalue weighted by Gasteiger charge is -2.22. The fraction of sp³-hybridized carbons (Fsp3) is 0.444. The topological polar surface area (TPSA) is 50.2 Å². The van der Waals surface area contributed by atoms with Gasteiger partial charge in [-0.1, -0.05) is 36.7 Å². The van der Waals surface area contributed by atoms with Gasteiger partial charge < -0.3 is 5.32 Å². The predicted octanol–water partition coefficient (Wildman–Crippen LogP) is 3.08. The number of hydrogen-bond acceptors (Lipinski definition) is 3. The number of carbonyl (C=O) groups excluding carboxylic acids is 1. The smallest absolute Gasteiger partial charge is 0.234 e. The van der Waals surface area contributed by atoms with Crippen molar-refractivity contribution in [3.05, 3.63) is 52.3 Å². The van der Waals surface area contributed by atoms with Gasteiger partial charge in [0.2, 0.25) is 5.91 Å². The van der Waals surface area contributed by atoms with Gasteiger partial charge in [-0.3, -0.25) is 14.4 Å². The molecule has 0 saturated carbocycles. The molecule has 0 aliphatic heterocycles. The summed E-state index contributed by atoms with van der Waals surface area (Å²) < 4.78 is 1.77. The van der Waals surface area contributed by atoms with Gasteiger partial charge in [0.05, 0.1) is 18.3 Å². The zero-order valence-electron chi connectivity index (χ0n) is 14.7. The minimum Gasteiger partial charge on any atom is -0.348 e. The number of aryl methyl sites for hydroxylation is 2. The second-order valence-corrected chi connectivity index (χ2v) is 6.43. The summed E-state index contributed by atoms with van der Waals surface area (Å²) >= 11 is 6.21. The van der Waals surface area contributed by atoms with Gasteiger partial charge in [0.15, 0.2) is 0 Å². The number of hydrogen-bond donors (Lipinski definition) is 1. The van der Waals surface area contributed by atoms with E-state index in [9.17, 15) is 4.79 Å². The van der Waals surface area contributed by atoms with Crippen molar-refractivity contribution >= 4 is 17.5 Å². The molecule has 5 nitrogen and oxygen atoms in total. The number of amides is 1. The van der Waals surface area contributed by atoms with Crippen LogP contribution >= 0.6 is 11.6 Å². The fourth-order valence-electron chi connectivity index (χ4n) is 2.76. The average Bonchev–Trinajstić information content (AvgIpc) is 2.87. The van der Waals surface area contributed by atoms with E-state index >= 15 is 0 Å². The Morgan fingerprint density at radius 1 is 1.42 bits per heavy atom. The molecule has 1 heterocycles. The number of halogens is 1. The van der Waals surface area contributed by atoms with E-state index in [4.69, 9.17) is 11.6 Å². The second kappa shape index (κ2) is 8.31. The van der Waals surface area contributed by atoms with Crippen molar-refractivity contribution < 1.29 is 4.79 Å². The Kier molecular flexibility index (Phi) is 6.40. The maximum absolute atomic E-state index is 12.4. The van der Waals surface area contributed by atoms with Gasteiger partial charge in [0.25, 0.3) is 0 Å². The van der Waals surface area contributed by atoms with Crippen molar-refractivity contribution in [1.29, 1.82) is 0 Å². The predicted molar refractivity (Wildman–Crippen MR) is 96.9 cm³/mol. The SMILES string of the molecule is CCN(CC(=O)N[C@H](C)c1cn(C)nc1C)Cc1ccccc1Cl. The minimum atomic E-state index is -0.0646. The Labute approximate surface area is 148 Å². The molecule has 0 radical (unpaired) electrons. The minimum absolute atomic E-state index is 0.000318. The summed E-state index contributed by atoms with van der Waals surface area (Å²) in [6.45, 7) is 7.74. The molecule has 1 aromatic heterocycles. The Hall–Kier alpha value is -1.85. The molecular formula is C18H25ClN4O. The molecule has 0 aliphatic rings. The molecule has 0 bridgehead atoms. The molecule has 0 fully saturated rings. The van der Waals surface area contributed by atoms with Crippen LogP contribution in [-0.2, 0) is 18.4 Å². The van der Waals surface area contributed by atoms with Crippen LogP contribution in [0.25, 0.3) is 0 Å². The Morgan fingerprint density at radius 3 is 2.71 bits per heavy atom. The van der Waals surface area contributed by atoms with Crippen LogP contribution in [-0.4, -0.2) is 33.7 Å². The number of likely N-dealkylation sites (N-methyl/N-ethyl adjacent to an activating group) is 1. The van der Waals surface area contributed by atoms with Crippen LogP contribution in [0.5, 0.6) is 0 Å². The van der Waals surface area contributed by atoms with Crippen LogP contribution in [0.15, 0.2) is 30.5 Å². The van der Waals surface area contributed by atoms with Crippen molar-refractivity contribution in [2.24, 2.45) is 7.05 Å². The van der Waals surface area contributed by atoms with Crippen LogP contribution in [0.1, 0.15) is 36.7 Å². The summed E-state index contributed by atoms with van der Waals surface area (Å²) in [6, 6.07) is 7.67. The highest BCUT2D eigenvalue weighted by Crippen LogP contribution is 2.18. The molecule has 130 valence electrons. The Bertz CT molecular complexity index is 698. The summed E-state index contributed by atoms with van der Waals surface area (Å²) in [6.07, 6.45) is 1.95. The van der Waals surface area contributed by atoms with E-state index in [1.54, 1.807) is 4.68 Å². The molecule has 1 amide bonds. The molecule has 0 saturated heterocycles. The molecule has 0 spiro atoms. The van der Waals surface area contributed by atoms with Crippen molar-refractivity contribution in [3.63, 3.8) is 0 Å². The fourth-order valence-corrected chi connectivity index (χ4v) is 2.95. The van der Waals surface area contributed by atoms with E-state index < -0.39 is 0 Å². The lowest BCUT2D eigenvalue weighted by Crippen LogP contribution is -2.38. The largest absolute Gasteiger partial charge is 0.348 e. The molecule has 1 atom stereocenters. The van der Waals surface area contributed by atoms with Crippen molar-refractivity contribution in [1.82, 2.24) is 20.0 Å². The lowest BCUT2D eigenvalue weighted by molar-refractivity contribution is -0.123. The number of benzene rings is 1. The van der Waals surface area contributed by atoms with Gasteiger partial charge in [0.1, 0.15) is 0 Å². The Balaban J connectivity index is 1.94. The van der Waals surface area contributed by atoms with Crippen molar-refractivity contribution in [3.8, 4) is 0 Å². The maximum atomic E-state index is 12.4. The molecule has 1 N–H and O–H groups in total. The normalized spacial score (nSPS) is 12.4. The van der Waals surface area contributed by atoms with Gasteiger partial charge in [0, 0.05) is 30.4 Å². The summed E-state index contributed by atoms with van der Waals surface area (Å²) in [5.41, 5.74) is 3.01. The number of nitrogens with one attached hydrogen (secondary N) is 1. The number of aromatic nitrogens is 2. The molecular weight excluding hydrogens is 324 g/mol. The maximum Gasteiger partial charge on any atom is 0.234 e. The Morgan fingerprint density at radius 2 is 2.12 bits per heavy atom. The van der Waals surface area contributed by atoms with Crippen LogP contribution in [0.3, 0.4) is 0 Å². The second-order valence-electron chi connectivity index (χ2n) is 6.03. The highest BCUT2D eigenvalue weighted by atomic mass is 35.5. The average molecular weight is 349 g/mol. The molecule has 24 heavy (non-hydrogen) atoms. The van der Waals surface area contributed by atoms with E-state index in [0.29, 0.717) is 13.1 Å². The zero-order valence-corrected chi connectivity index (χ0v) is 15.5. The van der Waals surface area contributed by atoms with Crippen molar-refractivity contribution in [2.75, 3.05) is 13.1 Å². The molecule has 6 heteroatoms. The summed E-state index contributed by atoms with van der Waals surface area (Å²) in [5.74, 6) is -0.000318. The molecule has 0 aliphatic carbocycles. The highest BCUT2D eigenvalue weighted by Gasteiger charge is 2.16. The van der Waals surface area contributed by atoms with Crippen LogP contribution in [0.4, 0.5) is 0 Å². The monoisotopic (exact) mass is 348 g/mol. The molecule has 0 unspecified atom stereocenters. The third-order valence-corrected chi connectivity index (χ3v) is 4.43. The van der Waals surface area contributed by atoms with Gasteiger partial charge in [-0.05, 0) is 32.0 Å². The van der Waals surface area contributed by atoms with Crippen LogP contribution in [0.2, 0.25) is 5.02 Å². The van der Waals surface area contributed by atoms with E-state index in [0.717, 1.165) is 28.4 Å². The van der Waals surface area contributed by atoms with Crippen molar-refractivity contribution in [2.45, 2.75) is 33.4 Å². The van der Waals surface area contributed by atoms with Crippen LogP contribution < -0.4 is 5.32 Å². The van der Waals surface area contributed by atoms with Gasteiger partial charge in [-0.15, -0.1) is 0 Å². The molecule has 1 aromatic carbocycles. The third kappa shape index (κ3) is 4.82. The highest BCUT2D eigenvalue weighted by molar-refractivity contribution is 6.31. The first-order valence-electron chi connectivity index (χ1n) is 8.16. The quantitative estimate of drug-likeness (QED) is 0.836. The van der Waals surface area contributed by atoms with Gasteiger partial charge >= 0.3 is 0 Å². The number of nitrogens with zero attached hydrogens (tertiary/aromatic N) is 3. The standard InChI is InChI=1S/C18H25ClN4O/c1-5-23(10-15-8-6-7-9-17(15)19)12-18(24)20-13(2)16-11-22(4)21-14(16)3/h6-9,11,13H,5,10,12H2,1-4H3,(H,20,24)/t13-/m1/s1. The number of carbonyl (C=O) groups is 1. The molecule has 2 rings (SSSR count). The number of rotatable bonds is 7. The summed E-state index contributed by atoms with van der Waals surface area (Å²) in [5, 5.41) is 8.10. The first-order valence-corrected chi connectivity index (χ1v) is 8.53. The van der Waals surface area contributed by atoms with E-state index in [1.165, 1.54) is 0 Å². The van der Waals surface area contributed by atoms with E-state index in [-0.39, 0.29) is 11.9 Å². The molecule has 2 aromatic rings. The van der Waals surface area contributed by atoms with Crippen LogP contribution in [0, 0.1) is 6.92 Å². The summed E-state index contributed by atoms with van der Waals surface area (Å²) in [7, 11) is 1.88. The lowest BCUT2D eigenvalue weighted by atomic mass is 10.1.